The molecule has 6 rings (SSSR count). The fourth-order valence-corrected chi connectivity index (χ4v) is 6.49. The molecule has 2 aromatic heterocycles. The van der Waals surface area contributed by atoms with Gasteiger partial charge in [0, 0.05) is 56.3 Å². The Hall–Kier alpha value is -2.71. The van der Waals surface area contributed by atoms with Crippen molar-refractivity contribution in [1.29, 1.82) is 0 Å². The second-order valence-electron chi connectivity index (χ2n) is 11.2. The first-order valence-corrected chi connectivity index (χ1v) is 13.3. The first-order chi connectivity index (χ1) is 17.5. The maximum absolute atomic E-state index is 12.9. The fourth-order valence-electron chi connectivity index (χ4n) is 6.49. The third kappa shape index (κ3) is 4.57. The molecule has 0 radical (unpaired) electrons. The molecule has 3 fully saturated rings. The predicted molar refractivity (Wildman–Crippen MR) is 137 cm³/mol. The number of nitrogens with zero attached hydrogens (tertiary/aromatic N) is 6. The lowest BCUT2D eigenvalue weighted by Gasteiger charge is -2.58. The number of halogens is 1. The average molecular weight is 491 g/mol. The highest BCUT2D eigenvalue weighted by Crippen LogP contribution is 2.52. The van der Waals surface area contributed by atoms with Crippen LogP contribution < -0.4 is 0 Å². The number of carbonyl (C=O) groups excluding carboxylic acids is 1. The van der Waals surface area contributed by atoms with Gasteiger partial charge < -0.3 is 0 Å². The number of Topliss-reactive ketones (excluding diaryl/α,β-unsaturated/α-hetero) is 1. The predicted octanol–water partition coefficient (Wildman–Crippen LogP) is 3.81. The van der Waals surface area contributed by atoms with Gasteiger partial charge >= 0.3 is 0 Å². The maximum Gasteiger partial charge on any atom is 0.143 e. The molecule has 0 bridgehead atoms. The number of likely N-dealkylation sites (tertiary alicyclic amines) is 2. The first-order valence-electron chi connectivity index (χ1n) is 13.3. The van der Waals surface area contributed by atoms with Gasteiger partial charge in [-0.05, 0) is 55.8 Å². The van der Waals surface area contributed by atoms with Crippen molar-refractivity contribution in [2.75, 3.05) is 39.4 Å². The molecule has 8 heteroatoms. The Kier molecular flexibility index (Phi) is 6.33. The van der Waals surface area contributed by atoms with Crippen molar-refractivity contribution in [3.63, 3.8) is 0 Å². The summed E-state index contributed by atoms with van der Waals surface area (Å²) < 4.78 is 14.5. The minimum atomic E-state index is -0.292. The minimum absolute atomic E-state index is 0.0934. The van der Waals surface area contributed by atoms with Gasteiger partial charge in [0.2, 0.25) is 0 Å². The van der Waals surface area contributed by atoms with Crippen LogP contribution in [0.5, 0.6) is 0 Å². The second kappa shape index (κ2) is 9.63. The van der Waals surface area contributed by atoms with Gasteiger partial charge in [-0.15, -0.1) is 0 Å². The van der Waals surface area contributed by atoms with E-state index in [0.29, 0.717) is 12.4 Å². The van der Waals surface area contributed by atoms with Gasteiger partial charge in [-0.2, -0.15) is 5.10 Å². The molecule has 36 heavy (non-hydrogen) atoms. The molecule has 0 N–H and O–H groups in total. The summed E-state index contributed by atoms with van der Waals surface area (Å²) in [7, 11) is 2.02. The zero-order chi connectivity index (χ0) is 24.7. The minimum Gasteiger partial charge on any atom is -0.300 e. The first kappa shape index (κ1) is 23.7. The van der Waals surface area contributed by atoms with Crippen molar-refractivity contribution in [3.05, 3.63) is 42.1 Å². The maximum atomic E-state index is 12.9. The van der Waals surface area contributed by atoms with E-state index in [0.717, 1.165) is 67.6 Å². The molecule has 7 nitrogen and oxygen atoms in total. The molecule has 3 aliphatic rings. The summed E-state index contributed by atoms with van der Waals surface area (Å²) in [6.07, 6.45) is 9.76. The summed E-state index contributed by atoms with van der Waals surface area (Å²) in [5, 5.41) is 5.53. The van der Waals surface area contributed by atoms with E-state index in [1.807, 2.05) is 24.1 Å². The van der Waals surface area contributed by atoms with Crippen molar-refractivity contribution >= 4 is 16.7 Å². The van der Waals surface area contributed by atoms with Gasteiger partial charge in [0.25, 0.3) is 0 Å². The van der Waals surface area contributed by atoms with Gasteiger partial charge in [-0.3, -0.25) is 19.3 Å². The Morgan fingerprint density at radius 3 is 2.69 bits per heavy atom. The molecule has 1 aliphatic carbocycles. The van der Waals surface area contributed by atoms with E-state index in [9.17, 15) is 9.18 Å². The molecule has 0 atom stereocenters. The number of alkyl halides is 1. The number of hydrogen-bond acceptors (Lipinski definition) is 6. The number of rotatable bonds is 8. The molecule has 1 saturated carbocycles. The average Bonchev–Trinajstić information content (AvgIpc) is 3.19. The summed E-state index contributed by atoms with van der Waals surface area (Å²) >= 11 is 0. The summed E-state index contributed by atoms with van der Waals surface area (Å²) in [5.74, 6) is 0.921. The zero-order valence-corrected chi connectivity index (χ0v) is 21.1. The smallest absolute Gasteiger partial charge is 0.143 e. The number of aromatic nitrogens is 4. The third-order valence-electron chi connectivity index (χ3n) is 8.49. The van der Waals surface area contributed by atoms with Crippen molar-refractivity contribution in [3.8, 4) is 11.1 Å². The van der Waals surface area contributed by atoms with Crippen LogP contribution in [-0.2, 0) is 24.8 Å². The number of ketones is 1. The fraction of sp³-hybridized carbons (Fsp3) is 0.571. The standard InChI is InChI=1S/C28H35FN6O/c1-33-25(17-34-8-3-2-4-9-34)23(16-31-33)20-5-6-21-15-30-27(32-24(21)11-20)12-26(36)22-13-28(14-22)18-35(19-28)10-7-29/h5-6,11,15-16,22H,2-4,7-10,12-14,17-19H2,1H3. The molecule has 1 aromatic carbocycles. The van der Waals surface area contributed by atoms with E-state index >= 15 is 0 Å². The van der Waals surface area contributed by atoms with Crippen molar-refractivity contribution < 1.29 is 9.18 Å². The highest BCUT2D eigenvalue weighted by molar-refractivity contribution is 5.86. The van der Waals surface area contributed by atoms with Crippen molar-refractivity contribution in [1.82, 2.24) is 29.5 Å². The van der Waals surface area contributed by atoms with Crippen LogP contribution in [0.25, 0.3) is 22.0 Å². The molecule has 4 heterocycles. The summed E-state index contributed by atoms with van der Waals surface area (Å²) in [6.45, 7) is 5.29. The quantitative estimate of drug-likeness (QED) is 0.478. The monoisotopic (exact) mass is 490 g/mol. The highest BCUT2D eigenvalue weighted by Gasteiger charge is 2.53. The number of carbonyl (C=O) groups is 1. The number of piperidine rings is 1. The molecule has 3 aromatic rings. The van der Waals surface area contributed by atoms with E-state index in [1.165, 1.54) is 25.0 Å². The third-order valence-corrected chi connectivity index (χ3v) is 8.49. The Morgan fingerprint density at radius 1 is 1.11 bits per heavy atom. The van der Waals surface area contributed by atoms with Crippen LogP contribution in [0.2, 0.25) is 0 Å². The van der Waals surface area contributed by atoms with Gasteiger partial charge in [0.05, 0.1) is 23.8 Å². The van der Waals surface area contributed by atoms with E-state index in [-0.39, 0.29) is 30.2 Å². The van der Waals surface area contributed by atoms with E-state index in [2.05, 4.69) is 38.1 Å². The van der Waals surface area contributed by atoms with Crippen LogP contribution >= 0.6 is 0 Å². The Morgan fingerprint density at radius 2 is 1.92 bits per heavy atom. The highest BCUT2D eigenvalue weighted by atomic mass is 19.1. The summed E-state index contributed by atoms with van der Waals surface area (Å²) in [4.78, 5) is 26.9. The largest absolute Gasteiger partial charge is 0.300 e. The van der Waals surface area contributed by atoms with Gasteiger partial charge in [-0.25, -0.2) is 14.4 Å². The molecular weight excluding hydrogens is 455 g/mol. The lowest BCUT2D eigenvalue weighted by Crippen LogP contribution is -2.63. The van der Waals surface area contributed by atoms with Crippen LogP contribution in [0.15, 0.2) is 30.6 Å². The lowest BCUT2D eigenvalue weighted by molar-refractivity contribution is -0.142. The second-order valence-corrected chi connectivity index (χ2v) is 11.2. The van der Waals surface area contributed by atoms with E-state index in [1.54, 1.807) is 0 Å². The van der Waals surface area contributed by atoms with Crippen LogP contribution in [-0.4, -0.2) is 74.7 Å². The molecule has 190 valence electrons. The molecule has 2 saturated heterocycles. The molecule has 1 spiro atoms. The van der Waals surface area contributed by atoms with Crippen molar-refractivity contribution in [2.45, 2.75) is 45.1 Å². The number of benzene rings is 1. The van der Waals surface area contributed by atoms with Crippen molar-refractivity contribution in [2.24, 2.45) is 18.4 Å². The summed E-state index contributed by atoms with van der Waals surface area (Å²) in [5.41, 5.74) is 4.58. The zero-order valence-electron chi connectivity index (χ0n) is 21.1. The Balaban J connectivity index is 1.15. The summed E-state index contributed by atoms with van der Waals surface area (Å²) in [6, 6.07) is 6.28. The van der Waals surface area contributed by atoms with Crippen LogP contribution in [0.1, 0.15) is 43.6 Å². The van der Waals surface area contributed by atoms with Gasteiger partial charge in [0.15, 0.2) is 0 Å². The Labute approximate surface area is 211 Å². The topological polar surface area (TPSA) is 67.2 Å². The molecule has 2 aliphatic heterocycles. The van der Waals surface area contributed by atoms with E-state index < -0.39 is 0 Å². The van der Waals surface area contributed by atoms with Gasteiger partial charge in [0.1, 0.15) is 18.3 Å². The molecular formula is C28H35FN6O. The Bertz CT molecular complexity index is 1250. The number of aryl methyl sites for hydroxylation is 1. The normalized spacial score (nSPS) is 20.5. The molecule has 0 amide bonds. The molecule has 0 unspecified atom stereocenters. The lowest BCUT2D eigenvalue weighted by atomic mass is 9.56. The van der Waals surface area contributed by atoms with Crippen LogP contribution in [0.4, 0.5) is 4.39 Å². The van der Waals surface area contributed by atoms with Crippen LogP contribution in [0, 0.1) is 11.3 Å². The number of fused-ring (bicyclic) bond motifs is 1. The van der Waals surface area contributed by atoms with Crippen LogP contribution in [0.3, 0.4) is 0 Å². The van der Waals surface area contributed by atoms with E-state index in [4.69, 9.17) is 4.98 Å². The SMILES string of the molecule is Cn1ncc(-c2ccc3cnc(CC(=O)C4CC5(C4)CN(CCF)C5)nc3c2)c1CN1CCCCC1. The number of hydrogen-bond donors (Lipinski definition) is 0. The van der Waals surface area contributed by atoms with Gasteiger partial charge in [-0.1, -0.05) is 18.6 Å².